The third-order valence-electron chi connectivity index (χ3n) is 2.06. The predicted molar refractivity (Wildman–Crippen MR) is 76.7 cm³/mol. The Morgan fingerprint density at radius 3 is 2.15 bits per heavy atom. The molecule has 1 aromatic rings. The maximum atomic E-state index is 11.5. The first kappa shape index (κ1) is 15.8. The van der Waals surface area contributed by atoms with Crippen LogP contribution >= 0.6 is 0 Å². The highest BCUT2D eigenvalue weighted by atomic mass is 16.6. The van der Waals surface area contributed by atoms with Crippen molar-refractivity contribution >= 4 is 17.7 Å². The van der Waals surface area contributed by atoms with Crippen LogP contribution < -0.4 is 10.1 Å². The minimum Gasteiger partial charge on any atom is -0.444 e. The van der Waals surface area contributed by atoms with E-state index in [0.29, 0.717) is 17.0 Å². The van der Waals surface area contributed by atoms with Crippen molar-refractivity contribution in [2.45, 2.75) is 33.3 Å². The lowest BCUT2D eigenvalue weighted by molar-refractivity contribution is -0.130. The fraction of sp³-hybridized carbons (Fsp3) is 0.333. The van der Waals surface area contributed by atoms with Crippen LogP contribution in [0.1, 0.15) is 27.7 Å². The van der Waals surface area contributed by atoms with Gasteiger partial charge in [-0.2, -0.15) is 0 Å². The number of carbonyl (C=O) groups is 2. The van der Waals surface area contributed by atoms with Crippen LogP contribution in [0.5, 0.6) is 5.75 Å². The van der Waals surface area contributed by atoms with Crippen LogP contribution in [-0.2, 0) is 9.53 Å². The second-order valence-electron chi connectivity index (χ2n) is 5.32. The molecule has 0 saturated heterocycles. The molecular weight excluding hydrogens is 258 g/mol. The summed E-state index contributed by atoms with van der Waals surface area (Å²) in [7, 11) is 0. The average molecular weight is 277 g/mol. The SMILES string of the molecule is C=C(C)C(=O)Oc1ccc(NC(=O)OC(C)(C)C)cc1. The smallest absolute Gasteiger partial charge is 0.412 e. The Balaban J connectivity index is 2.61. The maximum Gasteiger partial charge on any atom is 0.412 e. The monoisotopic (exact) mass is 277 g/mol. The Bertz CT molecular complexity index is 512. The minimum atomic E-state index is -0.555. The van der Waals surface area contributed by atoms with Gasteiger partial charge in [0.05, 0.1) is 0 Å². The second-order valence-corrected chi connectivity index (χ2v) is 5.32. The molecule has 0 aliphatic heterocycles. The molecule has 1 rings (SSSR count). The van der Waals surface area contributed by atoms with Gasteiger partial charge in [0.2, 0.25) is 0 Å². The summed E-state index contributed by atoms with van der Waals surface area (Å²) in [6.07, 6.45) is -0.538. The molecule has 0 saturated carbocycles. The molecule has 5 nitrogen and oxygen atoms in total. The molecule has 108 valence electrons. The number of carbonyl (C=O) groups excluding carboxylic acids is 2. The number of benzene rings is 1. The van der Waals surface area contributed by atoms with E-state index in [4.69, 9.17) is 9.47 Å². The van der Waals surface area contributed by atoms with Gasteiger partial charge in [0.15, 0.2) is 0 Å². The first-order valence-corrected chi connectivity index (χ1v) is 6.15. The van der Waals surface area contributed by atoms with Gasteiger partial charge < -0.3 is 9.47 Å². The lowest BCUT2D eigenvalue weighted by Gasteiger charge is -2.19. The second kappa shape index (κ2) is 6.23. The first-order valence-electron chi connectivity index (χ1n) is 6.15. The number of amides is 1. The van der Waals surface area contributed by atoms with Crippen molar-refractivity contribution in [1.82, 2.24) is 0 Å². The molecule has 0 aliphatic carbocycles. The average Bonchev–Trinajstić information content (AvgIpc) is 2.28. The van der Waals surface area contributed by atoms with Crippen LogP contribution in [0, 0.1) is 0 Å². The number of ether oxygens (including phenoxy) is 2. The van der Waals surface area contributed by atoms with E-state index >= 15 is 0 Å². The van der Waals surface area contributed by atoms with Gasteiger partial charge in [-0.3, -0.25) is 5.32 Å². The largest absolute Gasteiger partial charge is 0.444 e. The Kier molecular flexibility index (Phi) is 4.91. The molecule has 20 heavy (non-hydrogen) atoms. The molecule has 0 heterocycles. The van der Waals surface area contributed by atoms with Crippen molar-refractivity contribution < 1.29 is 19.1 Å². The third-order valence-corrected chi connectivity index (χ3v) is 2.06. The standard InChI is InChI=1S/C15H19NO4/c1-10(2)13(17)19-12-8-6-11(7-9-12)16-14(18)20-15(3,4)5/h6-9H,1H2,2-5H3,(H,16,18). The summed E-state index contributed by atoms with van der Waals surface area (Å²) >= 11 is 0. The van der Waals surface area contributed by atoms with Crippen LogP contribution in [0.15, 0.2) is 36.4 Å². The van der Waals surface area contributed by atoms with Gasteiger partial charge in [-0.05, 0) is 52.0 Å². The molecule has 0 aliphatic rings. The third kappa shape index (κ3) is 5.56. The van der Waals surface area contributed by atoms with Crippen LogP contribution in [-0.4, -0.2) is 17.7 Å². The molecule has 0 aromatic heterocycles. The fourth-order valence-corrected chi connectivity index (χ4v) is 1.22. The van der Waals surface area contributed by atoms with Gasteiger partial charge >= 0.3 is 12.1 Å². The van der Waals surface area contributed by atoms with E-state index in [1.165, 1.54) is 0 Å². The Morgan fingerprint density at radius 1 is 1.15 bits per heavy atom. The zero-order valence-corrected chi connectivity index (χ0v) is 12.1. The van der Waals surface area contributed by atoms with Crippen LogP contribution in [0.25, 0.3) is 0 Å². The molecule has 1 aromatic carbocycles. The van der Waals surface area contributed by atoms with Crippen molar-refractivity contribution in [3.8, 4) is 5.75 Å². The number of nitrogens with one attached hydrogen (secondary N) is 1. The van der Waals surface area contributed by atoms with E-state index in [9.17, 15) is 9.59 Å². The normalized spacial score (nSPS) is 10.6. The Hall–Kier alpha value is -2.30. The van der Waals surface area contributed by atoms with Gasteiger partial charge in [0, 0.05) is 11.3 Å². The zero-order chi connectivity index (χ0) is 15.3. The molecule has 1 N–H and O–H groups in total. The summed E-state index contributed by atoms with van der Waals surface area (Å²) < 4.78 is 10.2. The van der Waals surface area contributed by atoms with Gasteiger partial charge in [-0.15, -0.1) is 0 Å². The molecule has 0 atom stereocenters. The molecule has 0 fully saturated rings. The highest BCUT2D eigenvalue weighted by Gasteiger charge is 2.16. The quantitative estimate of drug-likeness (QED) is 0.521. The van der Waals surface area contributed by atoms with E-state index in [-0.39, 0.29) is 0 Å². The molecule has 1 amide bonds. The van der Waals surface area contributed by atoms with Crippen LogP contribution in [0.2, 0.25) is 0 Å². The molecular formula is C15H19NO4. The summed E-state index contributed by atoms with van der Waals surface area (Å²) in [6, 6.07) is 6.39. The lowest BCUT2D eigenvalue weighted by Crippen LogP contribution is -2.27. The van der Waals surface area contributed by atoms with E-state index < -0.39 is 17.7 Å². The Morgan fingerprint density at radius 2 is 1.70 bits per heavy atom. The Labute approximate surface area is 118 Å². The summed E-state index contributed by atoms with van der Waals surface area (Å²) in [6.45, 7) is 10.4. The van der Waals surface area contributed by atoms with E-state index in [2.05, 4.69) is 11.9 Å². The van der Waals surface area contributed by atoms with Gasteiger partial charge in [-0.25, -0.2) is 9.59 Å². The molecule has 0 radical (unpaired) electrons. The van der Waals surface area contributed by atoms with Crippen molar-refractivity contribution in [3.05, 3.63) is 36.4 Å². The van der Waals surface area contributed by atoms with Crippen molar-refractivity contribution in [2.75, 3.05) is 5.32 Å². The summed E-state index contributed by atoms with van der Waals surface area (Å²) in [4.78, 5) is 22.9. The molecule has 0 spiro atoms. The van der Waals surface area contributed by atoms with Crippen LogP contribution in [0.4, 0.5) is 10.5 Å². The molecule has 5 heteroatoms. The first-order chi connectivity index (χ1) is 9.17. The minimum absolute atomic E-state index is 0.320. The number of hydrogen-bond donors (Lipinski definition) is 1. The van der Waals surface area contributed by atoms with Crippen molar-refractivity contribution in [3.63, 3.8) is 0 Å². The lowest BCUT2D eigenvalue weighted by atomic mass is 10.2. The van der Waals surface area contributed by atoms with Crippen molar-refractivity contribution in [2.24, 2.45) is 0 Å². The van der Waals surface area contributed by atoms with E-state index in [1.807, 2.05) is 0 Å². The molecule has 0 unspecified atom stereocenters. The summed E-state index contributed by atoms with van der Waals surface area (Å²) in [5.41, 5.74) is 0.316. The van der Waals surface area contributed by atoms with Gasteiger partial charge in [0.25, 0.3) is 0 Å². The van der Waals surface area contributed by atoms with Crippen molar-refractivity contribution in [1.29, 1.82) is 0 Å². The number of anilines is 1. The highest BCUT2D eigenvalue weighted by Crippen LogP contribution is 2.17. The summed E-state index contributed by atoms with van der Waals surface area (Å²) in [5, 5.41) is 2.58. The number of hydrogen-bond acceptors (Lipinski definition) is 4. The van der Waals surface area contributed by atoms with E-state index in [1.54, 1.807) is 52.0 Å². The topological polar surface area (TPSA) is 64.6 Å². The highest BCUT2D eigenvalue weighted by molar-refractivity contribution is 5.89. The number of rotatable bonds is 3. The van der Waals surface area contributed by atoms with Gasteiger partial charge in [-0.1, -0.05) is 6.58 Å². The van der Waals surface area contributed by atoms with Crippen LogP contribution in [0.3, 0.4) is 0 Å². The number of esters is 1. The predicted octanol–water partition coefficient (Wildman–Crippen LogP) is 3.52. The summed E-state index contributed by atoms with van der Waals surface area (Å²) in [5.74, 6) is -0.106. The zero-order valence-electron chi connectivity index (χ0n) is 12.1. The van der Waals surface area contributed by atoms with E-state index in [0.717, 1.165) is 0 Å². The molecule has 0 bridgehead atoms. The fourth-order valence-electron chi connectivity index (χ4n) is 1.22. The van der Waals surface area contributed by atoms with Gasteiger partial charge in [0.1, 0.15) is 11.4 Å². The maximum absolute atomic E-state index is 11.5.